The van der Waals surface area contributed by atoms with Gasteiger partial charge in [-0.15, -0.1) is 0 Å². The molecule has 0 bridgehead atoms. The molecule has 1 unspecified atom stereocenters. The van der Waals surface area contributed by atoms with Crippen LogP contribution in [0, 0.1) is 0 Å². The molecule has 0 aromatic heterocycles. The molecule has 1 N–H and O–H groups in total. The van der Waals surface area contributed by atoms with E-state index in [1.165, 1.54) is 6.08 Å². The number of carbonyl (C=O) groups is 2. The molecule has 1 atom stereocenters. The molecule has 0 saturated carbocycles. The maximum Gasteiger partial charge on any atom is 0.419 e. The third kappa shape index (κ3) is 8.96. The summed E-state index contributed by atoms with van der Waals surface area (Å²) in [7, 11) is 0. The van der Waals surface area contributed by atoms with Gasteiger partial charge in [0.05, 0.1) is 6.61 Å². The summed E-state index contributed by atoms with van der Waals surface area (Å²) in [6, 6.07) is -1.07. The van der Waals surface area contributed by atoms with Crippen molar-refractivity contribution in [2.45, 2.75) is 49.4 Å². The number of nitrogens with one attached hydrogen (secondary N) is 1. The smallest absolute Gasteiger partial charge is 0.419 e. The zero-order valence-corrected chi connectivity index (χ0v) is 15.3. The first-order chi connectivity index (χ1) is 10.8. The van der Waals surface area contributed by atoms with Crippen LogP contribution in [0.25, 0.3) is 5.53 Å². The van der Waals surface area contributed by atoms with Gasteiger partial charge in [0.1, 0.15) is 0 Å². The van der Waals surface area contributed by atoms with E-state index in [2.05, 4.69) is 17.0 Å². The number of allylic oxidation sites excluding steroid dienone is 1. The van der Waals surface area contributed by atoms with Gasteiger partial charge in [0.25, 0.3) is 9.70 Å². The van der Waals surface area contributed by atoms with Gasteiger partial charge in [0.15, 0.2) is 6.04 Å². The van der Waals surface area contributed by atoms with Gasteiger partial charge in [-0.1, -0.05) is 66.7 Å². The van der Waals surface area contributed by atoms with Crippen molar-refractivity contribution >= 4 is 52.4 Å². The average molecular weight is 385 g/mol. The number of hydrogen-bond donors (Lipinski definition) is 1. The molecule has 0 aliphatic heterocycles. The fourth-order valence-corrected chi connectivity index (χ4v) is 1.77. The van der Waals surface area contributed by atoms with Crippen LogP contribution in [-0.2, 0) is 14.3 Å². The lowest BCUT2D eigenvalue weighted by molar-refractivity contribution is -0.140. The number of carbonyl (C=O) groups excluding carboxylic acids is 2. The largest absolute Gasteiger partial charge is 0.457 e. The highest BCUT2D eigenvalue weighted by atomic mass is 35.6. The predicted molar refractivity (Wildman–Crippen MR) is 90.8 cm³/mol. The van der Waals surface area contributed by atoms with Gasteiger partial charge in [-0.2, -0.15) is 4.79 Å². The summed E-state index contributed by atoms with van der Waals surface area (Å²) in [6.07, 6.45) is 7.04. The molecule has 130 valence electrons. The number of halogens is 3. The van der Waals surface area contributed by atoms with E-state index in [0.717, 1.165) is 25.7 Å². The average Bonchev–Trinajstić information content (AvgIpc) is 2.46. The lowest BCUT2D eigenvalue weighted by Crippen LogP contribution is -2.47. The van der Waals surface area contributed by atoms with Crippen LogP contribution in [-0.4, -0.2) is 38.8 Å². The Labute approximate surface area is 150 Å². The van der Waals surface area contributed by atoms with Crippen LogP contribution in [0.15, 0.2) is 12.2 Å². The van der Waals surface area contributed by atoms with E-state index in [4.69, 9.17) is 45.1 Å². The van der Waals surface area contributed by atoms with E-state index in [1.807, 2.05) is 0 Å². The van der Waals surface area contributed by atoms with Gasteiger partial charge in [-0.25, -0.2) is 4.79 Å². The summed E-state index contributed by atoms with van der Waals surface area (Å²) < 4.78 is 2.57. The molecular formula is C14H20Cl3N3O3. The third-order valence-corrected chi connectivity index (χ3v) is 3.25. The molecule has 0 radical (unpaired) electrons. The van der Waals surface area contributed by atoms with Crippen molar-refractivity contribution in [3.8, 4) is 0 Å². The van der Waals surface area contributed by atoms with Crippen LogP contribution in [0.5, 0.6) is 0 Å². The maximum atomic E-state index is 11.8. The Morgan fingerprint density at radius 2 is 1.96 bits per heavy atom. The molecule has 0 aromatic carbocycles. The quantitative estimate of drug-likeness (QED) is 0.126. The monoisotopic (exact) mass is 383 g/mol. The van der Waals surface area contributed by atoms with Crippen LogP contribution >= 0.6 is 34.8 Å². The number of unbranched alkanes of at least 4 members (excludes halogenated alkanes) is 3. The highest BCUT2D eigenvalue weighted by Crippen LogP contribution is 2.26. The van der Waals surface area contributed by atoms with Gasteiger partial charge in [0.2, 0.25) is 0 Å². The first-order valence-corrected chi connectivity index (χ1v) is 8.34. The first kappa shape index (κ1) is 21.9. The number of hydrogen-bond acceptors (Lipinski definition) is 3. The molecule has 0 aromatic rings. The molecule has 0 fully saturated rings. The second kappa shape index (κ2) is 11.5. The summed E-state index contributed by atoms with van der Waals surface area (Å²) in [5.41, 5.74) is 8.65. The van der Waals surface area contributed by atoms with E-state index in [9.17, 15) is 9.59 Å². The Bertz CT molecular complexity index is 483. The van der Waals surface area contributed by atoms with Gasteiger partial charge >= 0.3 is 11.7 Å². The lowest BCUT2D eigenvalue weighted by atomic mass is 10.1. The summed E-state index contributed by atoms with van der Waals surface area (Å²) in [5.74, 6) is -1.82. The van der Waals surface area contributed by atoms with Crippen LogP contribution in [0.4, 0.5) is 0 Å². The molecule has 0 saturated heterocycles. The van der Waals surface area contributed by atoms with E-state index in [0.29, 0.717) is 0 Å². The van der Waals surface area contributed by atoms with E-state index >= 15 is 0 Å². The Hall–Kier alpha value is -1.07. The Balaban J connectivity index is 5.16. The van der Waals surface area contributed by atoms with Crippen LogP contribution in [0.3, 0.4) is 0 Å². The summed E-state index contributed by atoms with van der Waals surface area (Å²) >= 11 is 16.5. The summed E-state index contributed by atoms with van der Waals surface area (Å²) in [6.45, 7) is 3.76. The maximum absolute atomic E-state index is 11.8. The minimum atomic E-state index is -2.20. The number of amides is 1. The standard InChI is InChI=1S/C14H20Cl3N3O3/c1-3-5-6-7-8-9-10(19-13(22)14(15,16)17)11(20-18)12(21)23-4-2/h8-10H,3-7H2,1-2H3,(H,19,22)/b9-8+. The SMILES string of the molecule is CCCCC/C=C/C(NC(=O)C(Cl)(Cl)Cl)C(=[N+]=[N-])C(=O)OCC. The zero-order valence-electron chi connectivity index (χ0n) is 13.0. The van der Waals surface area contributed by atoms with Crippen molar-refractivity contribution in [1.29, 1.82) is 0 Å². The Morgan fingerprint density at radius 1 is 1.30 bits per heavy atom. The first-order valence-electron chi connectivity index (χ1n) is 7.21. The second-order valence-corrected chi connectivity index (χ2v) is 6.86. The number of esters is 1. The number of ether oxygens (including phenoxy) is 1. The fourth-order valence-electron chi connectivity index (χ4n) is 1.61. The van der Waals surface area contributed by atoms with Crippen molar-refractivity contribution in [3.63, 3.8) is 0 Å². The topological polar surface area (TPSA) is 91.8 Å². The van der Waals surface area contributed by atoms with Crippen molar-refractivity contribution in [1.82, 2.24) is 5.32 Å². The zero-order chi connectivity index (χ0) is 17.9. The molecule has 0 aliphatic carbocycles. The second-order valence-electron chi connectivity index (χ2n) is 4.58. The van der Waals surface area contributed by atoms with Gasteiger partial charge in [-0.05, 0) is 19.8 Å². The van der Waals surface area contributed by atoms with Crippen molar-refractivity contribution < 1.29 is 19.1 Å². The molecule has 0 rings (SSSR count). The summed E-state index contributed by atoms with van der Waals surface area (Å²) in [4.78, 5) is 26.5. The van der Waals surface area contributed by atoms with E-state index in [-0.39, 0.29) is 6.61 Å². The Kier molecular flexibility index (Phi) is 10.9. The predicted octanol–water partition coefficient (Wildman–Crippen LogP) is 3.21. The molecule has 9 heteroatoms. The normalized spacial score (nSPS) is 12.6. The highest BCUT2D eigenvalue weighted by molar-refractivity contribution is 6.76. The molecule has 6 nitrogen and oxygen atoms in total. The number of rotatable bonds is 9. The fraction of sp³-hybridized carbons (Fsp3) is 0.643. The lowest BCUT2D eigenvalue weighted by Gasteiger charge is -2.15. The van der Waals surface area contributed by atoms with Crippen LogP contribution < -0.4 is 5.32 Å². The van der Waals surface area contributed by atoms with E-state index in [1.54, 1.807) is 13.0 Å². The molecule has 0 aliphatic rings. The van der Waals surface area contributed by atoms with Crippen LogP contribution in [0.1, 0.15) is 39.5 Å². The molecule has 1 amide bonds. The van der Waals surface area contributed by atoms with E-state index < -0.39 is 27.4 Å². The molecule has 0 spiro atoms. The molecule has 0 heterocycles. The minimum absolute atomic E-state index is 0.0865. The van der Waals surface area contributed by atoms with Crippen molar-refractivity contribution in [3.05, 3.63) is 17.7 Å². The number of nitrogens with zero attached hydrogens (tertiary/aromatic N) is 2. The Morgan fingerprint density at radius 3 is 2.43 bits per heavy atom. The third-order valence-electron chi connectivity index (χ3n) is 2.73. The summed E-state index contributed by atoms with van der Waals surface area (Å²) in [5, 5.41) is 2.33. The van der Waals surface area contributed by atoms with Crippen molar-refractivity contribution in [2.24, 2.45) is 0 Å². The molecule has 23 heavy (non-hydrogen) atoms. The van der Waals surface area contributed by atoms with Crippen molar-refractivity contribution in [2.75, 3.05) is 6.61 Å². The highest BCUT2D eigenvalue weighted by Gasteiger charge is 2.37. The number of alkyl halides is 3. The van der Waals surface area contributed by atoms with Crippen LogP contribution in [0.2, 0.25) is 0 Å². The molecular weight excluding hydrogens is 365 g/mol. The minimum Gasteiger partial charge on any atom is -0.457 e. The van der Waals surface area contributed by atoms with Gasteiger partial charge < -0.3 is 15.6 Å². The van der Waals surface area contributed by atoms with Gasteiger partial charge in [0, 0.05) is 0 Å². The van der Waals surface area contributed by atoms with Gasteiger partial charge in [-0.3, -0.25) is 4.79 Å².